The number of rotatable bonds is 9. The molecule has 0 atom stereocenters. The molecule has 0 aliphatic carbocycles. The molecule has 3 amide bonds. The first-order valence-electron chi connectivity index (χ1n) is 11.4. The number of nitrogens with one attached hydrogen (secondary N) is 2. The average Bonchev–Trinajstić information content (AvgIpc) is 3.33. The third-order valence-corrected chi connectivity index (χ3v) is 6.80. The van der Waals surface area contributed by atoms with E-state index in [1.165, 1.54) is 0 Å². The van der Waals surface area contributed by atoms with Crippen LogP contribution in [-0.4, -0.2) is 77.0 Å². The molecule has 1 saturated heterocycles. The van der Waals surface area contributed by atoms with Crippen LogP contribution in [0.15, 0.2) is 24.3 Å². The Bertz CT molecular complexity index is 949. The standard InChI is InChI=1S/C23H32N6O3S/c1-4-28(5-2)15-12-24-19(30)17-10-13-29(14-11-17)23(32)22-27-26-21(33-22)20(31)25-18-8-6-16(3)7-9-18/h6-9,17H,4-5,10-15H2,1-3H3,(H,24,30)(H,25,31). The van der Waals surface area contributed by atoms with Crippen molar-refractivity contribution in [1.82, 2.24) is 25.3 Å². The molecular weight excluding hydrogens is 440 g/mol. The second-order valence-corrected chi connectivity index (χ2v) is 9.09. The van der Waals surface area contributed by atoms with Crippen LogP contribution in [0.2, 0.25) is 0 Å². The van der Waals surface area contributed by atoms with Gasteiger partial charge in [0.2, 0.25) is 15.9 Å². The zero-order chi connectivity index (χ0) is 23.8. The fourth-order valence-electron chi connectivity index (χ4n) is 3.72. The molecule has 1 aromatic heterocycles. The van der Waals surface area contributed by atoms with Gasteiger partial charge in [-0.25, -0.2) is 0 Å². The lowest BCUT2D eigenvalue weighted by Gasteiger charge is -2.30. The largest absolute Gasteiger partial charge is 0.355 e. The van der Waals surface area contributed by atoms with Crippen molar-refractivity contribution >= 4 is 34.7 Å². The fourth-order valence-corrected chi connectivity index (χ4v) is 4.43. The smallest absolute Gasteiger partial charge is 0.286 e. The minimum absolute atomic E-state index is 0.0558. The first-order chi connectivity index (χ1) is 15.9. The predicted octanol–water partition coefficient (Wildman–Crippen LogP) is 2.41. The van der Waals surface area contributed by atoms with E-state index in [1.807, 2.05) is 31.2 Å². The van der Waals surface area contributed by atoms with Crippen molar-refractivity contribution in [1.29, 1.82) is 0 Å². The molecule has 1 aliphatic rings. The normalized spacial score (nSPS) is 14.4. The van der Waals surface area contributed by atoms with Crippen molar-refractivity contribution in [2.45, 2.75) is 33.6 Å². The number of piperidine rings is 1. The molecule has 1 aliphatic heterocycles. The highest BCUT2D eigenvalue weighted by atomic mass is 32.1. The molecule has 0 unspecified atom stereocenters. The number of amides is 3. The van der Waals surface area contributed by atoms with Crippen LogP contribution in [0.1, 0.15) is 51.9 Å². The maximum absolute atomic E-state index is 12.8. The van der Waals surface area contributed by atoms with E-state index in [9.17, 15) is 14.4 Å². The Hall–Kier alpha value is -2.85. The van der Waals surface area contributed by atoms with Gasteiger partial charge in [-0.05, 0) is 45.0 Å². The summed E-state index contributed by atoms with van der Waals surface area (Å²) in [6, 6.07) is 7.42. The Morgan fingerprint density at radius 1 is 1.06 bits per heavy atom. The van der Waals surface area contributed by atoms with Crippen LogP contribution < -0.4 is 10.6 Å². The Kier molecular flexibility index (Phi) is 8.90. The maximum atomic E-state index is 12.8. The van der Waals surface area contributed by atoms with E-state index in [-0.39, 0.29) is 27.7 Å². The summed E-state index contributed by atoms with van der Waals surface area (Å²) >= 11 is 0.981. The number of hydrogen-bond acceptors (Lipinski definition) is 7. The Morgan fingerprint density at radius 3 is 2.33 bits per heavy atom. The van der Waals surface area contributed by atoms with Crippen molar-refractivity contribution in [3.8, 4) is 0 Å². The van der Waals surface area contributed by atoms with Gasteiger partial charge in [0.25, 0.3) is 11.8 Å². The topological polar surface area (TPSA) is 108 Å². The second kappa shape index (κ2) is 11.9. The number of hydrogen-bond donors (Lipinski definition) is 2. The third kappa shape index (κ3) is 6.82. The molecule has 1 fully saturated rings. The molecule has 33 heavy (non-hydrogen) atoms. The molecular formula is C23H32N6O3S. The van der Waals surface area contributed by atoms with Crippen LogP contribution in [0.25, 0.3) is 0 Å². The summed E-state index contributed by atoms with van der Waals surface area (Å²) in [7, 11) is 0. The van der Waals surface area contributed by atoms with E-state index < -0.39 is 5.91 Å². The maximum Gasteiger partial charge on any atom is 0.286 e. The lowest BCUT2D eigenvalue weighted by molar-refractivity contribution is -0.126. The van der Waals surface area contributed by atoms with Crippen LogP contribution in [0.5, 0.6) is 0 Å². The lowest BCUT2D eigenvalue weighted by Crippen LogP contribution is -2.44. The average molecular weight is 473 g/mol. The van der Waals surface area contributed by atoms with E-state index >= 15 is 0 Å². The minimum Gasteiger partial charge on any atom is -0.355 e. The Labute approximate surface area is 198 Å². The van der Waals surface area contributed by atoms with Crippen molar-refractivity contribution in [3.63, 3.8) is 0 Å². The number of anilines is 1. The van der Waals surface area contributed by atoms with Crippen LogP contribution in [0.3, 0.4) is 0 Å². The van der Waals surface area contributed by atoms with Crippen LogP contribution in [-0.2, 0) is 4.79 Å². The van der Waals surface area contributed by atoms with E-state index in [2.05, 4.69) is 39.6 Å². The first kappa shape index (κ1) is 24.8. The summed E-state index contributed by atoms with van der Waals surface area (Å²) in [5.41, 5.74) is 1.75. The quantitative estimate of drug-likeness (QED) is 0.580. The SMILES string of the molecule is CCN(CC)CCNC(=O)C1CCN(C(=O)c2nnc(C(=O)Nc3ccc(C)cc3)s2)CC1. The van der Waals surface area contributed by atoms with Crippen molar-refractivity contribution < 1.29 is 14.4 Å². The molecule has 0 saturated carbocycles. The minimum atomic E-state index is -0.393. The van der Waals surface area contributed by atoms with E-state index in [0.29, 0.717) is 38.2 Å². The summed E-state index contributed by atoms with van der Waals surface area (Å²) < 4.78 is 0. The Balaban J connectivity index is 1.47. The summed E-state index contributed by atoms with van der Waals surface area (Å²) in [6.45, 7) is 10.6. The third-order valence-electron chi connectivity index (χ3n) is 5.89. The predicted molar refractivity (Wildman–Crippen MR) is 128 cm³/mol. The molecule has 2 N–H and O–H groups in total. The van der Waals surface area contributed by atoms with E-state index in [1.54, 1.807) is 4.90 Å². The fraction of sp³-hybridized carbons (Fsp3) is 0.522. The molecule has 0 radical (unpaired) electrons. The number of aryl methyl sites for hydroxylation is 1. The molecule has 2 aromatic rings. The molecule has 0 bridgehead atoms. The highest BCUT2D eigenvalue weighted by Crippen LogP contribution is 2.21. The van der Waals surface area contributed by atoms with Crippen molar-refractivity contribution in [3.05, 3.63) is 39.8 Å². The van der Waals surface area contributed by atoms with Gasteiger partial charge in [-0.3, -0.25) is 14.4 Å². The summed E-state index contributed by atoms with van der Waals surface area (Å²) in [6.07, 6.45) is 1.23. The number of carbonyl (C=O) groups excluding carboxylic acids is 3. The number of aromatic nitrogens is 2. The lowest BCUT2D eigenvalue weighted by atomic mass is 9.96. The van der Waals surface area contributed by atoms with Gasteiger partial charge in [0.05, 0.1) is 0 Å². The van der Waals surface area contributed by atoms with Gasteiger partial charge in [-0.15, -0.1) is 10.2 Å². The molecule has 0 spiro atoms. The molecule has 178 valence electrons. The molecule has 3 rings (SSSR count). The number of carbonyl (C=O) groups is 3. The van der Waals surface area contributed by atoms with Gasteiger partial charge in [0.1, 0.15) is 0 Å². The zero-order valence-electron chi connectivity index (χ0n) is 19.5. The van der Waals surface area contributed by atoms with Gasteiger partial charge >= 0.3 is 0 Å². The van der Waals surface area contributed by atoms with Gasteiger partial charge in [0.15, 0.2) is 0 Å². The number of nitrogens with zero attached hydrogens (tertiary/aromatic N) is 4. The molecule has 9 nitrogen and oxygen atoms in total. The summed E-state index contributed by atoms with van der Waals surface area (Å²) in [4.78, 5) is 41.6. The summed E-state index contributed by atoms with van der Waals surface area (Å²) in [5, 5.41) is 13.9. The molecule has 2 heterocycles. The van der Waals surface area contributed by atoms with Crippen LogP contribution in [0, 0.1) is 12.8 Å². The zero-order valence-corrected chi connectivity index (χ0v) is 20.3. The second-order valence-electron chi connectivity index (χ2n) is 8.12. The first-order valence-corrected chi connectivity index (χ1v) is 12.2. The van der Waals surface area contributed by atoms with E-state index in [4.69, 9.17) is 0 Å². The van der Waals surface area contributed by atoms with Gasteiger partial charge in [-0.1, -0.05) is 42.9 Å². The van der Waals surface area contributed by atoms with E-state index in [0.717, 1.165) is 36.5 Å². The van der Waals surface area contributed by atoms with Crippen molar-refractivity contribution in [2.24, 2.45) is 5.92 Å². The van der Waals surface area contributed by atoms with Gasteiger partial charge in [-0.2, -0.15) is 0 Å². The Morgan fingerprint density at radius 2 is 1.70 bits per heavy atom. The number of benzene rings is 1. The van der Waals surface area contributed by atoms with Gasteiger partial charge in [0, 0.05) is 37.8 Å². The molecule has 10 heteroatoms. The van der Waals surface area contributed by atoms with Gasteiger partial charge < -0.3 is 20.4 Å². The summed E-state index contributed by atoms with van der Waals surface area (Å²) in [5.74, 6) is -0.672. The van der Waals surface area contributed by atoms with Crippen molar-refractivity contribution in [2.75, 3.05) is 44.6 Å². The number of likely N-dealkylation sites (N-methyl/N-ethyl adjacent to an activating group) is 1. The van der Waals surface area contributed by atoms with Crippen LogP contribution >= 0.6 is 11.3 Å². The van der Waals surface area contributed by atoms with Crippen LogP contribution in [0.4, 0.5) is 5.69 Å². The number of likely N-dealkylation sites (tertiary alicyclic amines) is 1. The molecule has 1 aromatic carbocycles. The highest BCUT2D eigenvalue weighted by molar-refractivity contribution is 7.15. The highest BCUT2D eigenvalue weighted by Gasteiger charge is 2.29. The monoisotopic (exact) mass is 472 g/mol.